The molecule has 0 atom stereocenters. The van der Waals surface area contributed by atoms with Gasteiger partial charge in [-0.3, -0.25) is 9.89 Å². The molecule has 1 saturated heterocycles. The highest BCUT2D eigenvalue weighted by atomic mass is 32.2. The number of ether oxygens (including phenoxy) is 1. The second kappa shape index (κ2) is 12.2. The minimum Gasteiger partial charge on any atom is -0.484 e. The number of amides is 1. The first-order valence-corrected chi connectivity index (χ1v) is 14.1. The first-order valence-electron chi connectivity index (χ1n) is 11.6. The molecule has 0 bridgehead atoms. The van der Waals surface area contributed by atoms with Crippen LogP contribution in [0, 0.1) is 0 Å². The van der Waals surface area contributed by atoms with Gasteiger partial charge >= 0.3 is 0 Å². The number of nitrogens with one attached hydrogen (secondary N) is 2. The van der Waals surface area contributed by atoms with Gasteiger partial charge in [0, 0.05) is 31.0 Å². The zero-order chi connectivity index (χ0) is 24.5. The molecule has 3 aromatic rings. The van der Waals surface area contributed by atoms with Gasteiger partial charge in [-0.1, -0.05) is 54.9 Å². The van der Waals surface area contributed by atoms with E-state index in [0.717, 1.165) is 31.2 Å². The fourth-order valence-corrected chi connectivity index (χ4v) is 5.88. The predicted octanol–water partition coefficient (Wildman–Crippen LogP) is 3.32. The first-order chi connectivity index (χ1) is 17.0. The van der Waals surface area contributed by atoms with Crippen molar-refractivity contribution >= 4 is 27.7 Å². The zero-order valence-electron chi connectivity index (χ0n) is 19.4. The summed E-state index contributed by atoms with van der Waals surface area (Å²) in [6.07, 6.45) is 3.91. The lowest BCUT2D eigenvalue weighted by Gasteiger charge is -2.20. The lowest BCUT2D eigenvalue weighted by atomic mass is 10.2. The summed E-state index contributed by atoms with van der Waals surface area (Å²) in [7, 11) is -3.50. The Morgan fingerprint density at radius 2 is 1.74 bits per heavy atom. The molecule has 2 N–H and O–H groups in total. The number of rotatable bonds is 10. The standard InChI is InChI=1S/C24H29N5O4S2/c30-22(25-14-17-34-24-26-23(27-28-24)19-8-4-3-5-9-19)18-33-20-10-12-21(13-11-20)35(31,32)29-15-6-1-2-7-16-29/h3-5,8-13H,1-2,6-7,14-18H2,(H,25,30)(H,26,27,28). The molecule has 1 aromatic heterocycles. The molecule has 1 amide bonds. The third-order valence-electron chi connectivity index (χ3n) is 5.56. The predicted molar refractivity (Wildman–Crippen MR) is 135 cm³/mol. The Kier molecular flexibility index (Phi) is 8.78. The zero-order valence-corrected chi connectivity index (χ0v) is 21.0. The summed E-state index contributed by atoms with van der Waals surface area (Å²) in [6, 6.07) is 16.0. The summed E-state index contributed by atoms with van der Waals surface area (Å²) in [5.74, 6) is 1.50. The molecule has 0 radical (unpaired) electrons. The van der Waals surface area contributed by atoms with Gasteiger partial charge in [0.15, 0.2) is 12.4 Å². The van der Waals surface area contributed by atoms with E-state index in [4.69, 9.17) is 4.74 Å². The highest BCUT2D eigenvalue weighted by Crippen LogP contribution is 2.22. The smallest absolute Gasteiger partial charge is 0.257 e. The van der Waals surface area contributed by atoms with Crippen molar-refractivity contribution in [2.75, 3.05) is 32.0 Å². The van der Waals surface area contributed by atoms with Crippen LogP contribution < -0.4 is 10.1 Å². The van der Waals surface area contributed by atoms with Crippen molar-refractivity contribution in [3.05, 3.63) is 54.6 Å². The molecule has 1 aliphatic heterocycles. The van der Waals surface area contributed by atoms with Gasteiger partial charge in [-0.15, -0.1) is 5.10 Å². The summed E-state index contributed by atoms with van der Waals surface area (Å²) in [4.78, 5) is 16.8. The SMILES string of the molecule is O=C(COc1ccc(S(=O)(=O)N2CCCCCC2)cc1)NCCSc1n[nH]c(-c2ccccc2)n1. The van der Waals surface area contributed by atoms with Gasteiger partial charge in [0.25, 0.3) is 5.91 Å². The molecular weight excluding hydrogens is 486 g/mol. The largest absolute Gasteiger partial charge is 0.484 e. The highest BCUT2D eigenvalue weighted by molar-refractivity contribution is 7.99. The van der Waals surface area contributed by atoms with Crippen LogP contribution in [-0.4, -0.2) is 65.8 Å². The Bertz CT molecular complexity index is 1190. The molecule has 0 saturated carbocycles. The maximum Gasteiger partial charge on any atom is 0.257 e. The van der Waals surface area contributed by atoms with Gasteiger partial charge in [-0.25, -0.2) is 13.4 Å². The molecule has 9 nitrogen and oxygen atoms in total. The van der Waals surface area contributed by atoms with Crippen LogP contribution in [-0.2, 0) is 14.8 Å². The van der Waals surface area contributed by atoms with Crippen molar-refractivity contribution in [2.24, 2.45) is 0 Å². The third-order valence-corrected chi connectivity index (χ3v) is 8.33. The van der Waals surface area contributed by atoms with Crippen molar-refractivity contribution in [3.8, 4) is 17.1 Å². The van der Waals surface area contributed by atoms with E-state index in [1.165, 1.54) is 23.9 Å². The fourth-order valence-electron chi connectivity index (χ4n) is 3.71. The van der Waals surface area contributed by atoms with Crippen LogP contribution in [0.2, 0.25) is 0 Å². The summed E-state index contributed by atoms with van der Waals surface area (Å²) in [5.41, 5.74) is 0.963. The number of sulfonamides is 1. The third kappa shape index (κ3) is 7.06. The molecule has 0 unspecified atom stereocenters. The molecule has 1 fully saturated rings. The van der Waals surface area contributed by atoms with Gasteiger partial charge in [0.1, 0.15) is 5.75 Å². The Balaban J connectivity index is 1.17. The number of carbonyl (C=O) groups is 1. The summed E-state index contributed by atoms with van der Waals surface area (Å²) < 4.78 is 32.8. The minimum atomic E-state index is -3.50. The van der Waals surface area contributed by atoms with Gasteiger partial charge in [-0.2, -0.15) is 4.31 Å². The number of thioether (sulfide) groups is 1. The van der Waals surface area contributed by atoms with Gasteiger partial charge < -0.3 is 10.1 Å². The van der Waals surface area contributed by atoms with Crippen LogP contribution in [0.25, 0.3) is 11.4 Å². The molecule has 2 aromatic carbocycles. The molecule has 0 spiro atoms. The molecule has 4 rings (SSSR count). The fraction of sp³-hybridized carbons (Fsp3) is 0.375. The van der Waals surface area contributed by atoms with Gasteiger partial charge in [0.05, 0.1) is 4.90 Å². The summed E-state index contributed by atoms with van der Waals surface area (Å²) in [5, 5.41) is 10.5. The number of hydrogen-bond acceptors (Lipinski definition) is 7. The van der Waals surface area contributed by atoms with Crippen LogP contribution in [0.4, 0.5) is 0 Å². The van der Waals surface area contributed by atoms with Crippen LogP contribution >= 0.6 is 11.8 Å². The van der Waals surface area contributed by atoms with E-state index in [9.17, 15) is 13.2 Å². The Morgan fingerprint density at radius 1 is 1.03 bits per heavy atom. The molecule has 1 aliphatic rings. The van der Waals surface area contributed by atoms with Crippen molar-refractivity contribution in [3.63, 3.8) is 0 Å². The van der Waals surface area contributed by atoms with E-state index in [1.807, 2.05) is 30.3 Å². The monoisotopic (exact) mass is 515 g/mol. The number of aromatic nitrogens is 3. The highest BCUT2D eigenvalue weighted by Gasteiger charge is 2.25. The molecular formula is C24H29N5O4S2. The molecule has 2 heterocycles. The summed E-state index contributed by atoms with van der Waals surface area (Å²) in [6.45, 7) is 1.41. The topological polar surface area (TPSA) is 117 Å². The van der Waals surface area contributed by atoms with E-state index < -0.39 is 10.0 Å². The van der Waals surface area contributed by atoms with Crippen LogP contribution in [0.15, 0.2) is 64.6 Å². The quantitative estimate of drug-likeness (QED) is 0.314. The van der Waals surface area contributed by atoms with Crippen LogP contribution in [0.1, 0.15) is 25.7 Å². The number of carbonyl (C=O) groups excluding carboxylic acids is 1. The van der Waals surface area contributed by atoms with Gasteiger partial charge in [0.2, 0.25) is 15.2 Å². The molecule has 11 heteroatoms. The average molecular weight is 516 g/mol. The van der Waals surface area contributed by atoms with Crippen LogP contribution in [0.5, 0.6) is 5.75 Å². The molecule has 186 valence electrons. The van der Waals surface area contributed by atoms with Crippen molar-refractivity contribution in [2.45, 2.75) is 35.7 Å². The second-order valence-electron chi connectivity index (χ2n) is 8.11. The minimum absolute atomic E-state index is 0.151. The number of benzene rings is 2. The Morgan fingerprint density at radius 3 is 2.46 bits per heavy atom. The number of hydrogen-bond donors (Lipinski definition) is 2. The van der Waals surface area contributed by atoms with E-state index in [-0.39, 0.29) is 17.4 Å². The maximum atomic E-state index is 12.8. The van der Waals surface area contributed by atoms with E-state index >= 15 is 0 Å². The first kappa shape index (κ1) is 25.2. The number of H-pyrrole nitrogens is 1. The van der Waals surface area contributed by atoms with Crippen molar-refractivity contribution in [1.29, 1.82) is 0 Å². The molecule has 0 aliphatic carbocycles. The van der Waals surface area contributed by atoms with Crippen LogP contribution in [0.3, 0.4) is 0 Å². The average Bonchev–Trinajstić information content (AvgIpc) is 3.18. The van der Waals surface area contributed by atoms with Crippen molar-refractivity contribution < 1.29 is 17.9 Å². The normalized spacial score (nSPS) is 14.9. The maximum absolute atomic E-state index is 12.8. The number of aromatic amines is 1. The Hall–Kier alpha value is -2.89. The van der Waals surface area contributed by atoms with E-state index in [0.29, 0.717) is 42.1 Å². The lowest BCUT2D eigenvalue weighted by Crippen LogP contribution is -2.32. The van der Waals surface area contributed by atoms with E-state index in [1.54, 1.807) is 16.4 Å². The van der Waals surface area contributed by atoms with Crippen molar-refractivity contribution in [1.82, 2.24) is 24.8 Å². The number of nitrogens with zero attached hydrogens (tertiary/aromatic N) is 3. The second-order valence-corrected chi connectivity index (χ2v) is 11.1. The Labute approximate surface area is 209 Å². The lowest BCUT2D eigenvalue weighted by molar-refractivity contribution is -0.122. The van der Waals surface area contributed by atoms with Gasteiger partial charge in [-0.05, 0) is 37.1 Å². The molecule has 35 heavy (non-hydrogen) atoms. The summed E-state index contributed by atoms with van der Waals surface area (Å²) >= 11 is 1.44. The van der Waals surface area contributed by atoms with E-state index in [2.05, 4.69) is 20.5 Å².